The Balaban J connectivity index is 2.60. The molecule has 1 rings (SSSR count). The lowest BCUT2D eigenvalue weighted by molar-refractivity contribution is -0.139. The van der Waals surface area contributed by atoms with Gasteiger partial charge in [0.25, 0.3) is 0 Å². The first-order valence-corrected chi connectivity index (χ1v) is 4.41. The van der Waals surface area contributed by atoms with Gasteiger partial charge in [0.15, 0.2) is 0 Å². The first-order chi connectivity index (χ1) is 5.51. The van der Waals surface area contributed by atoms with E-state index in [1.165, 1.54) is 0 Å². The number of hydrogen-bond donors (Lipinski definition) is 1. The molecule has 2 atom stereocenters. The van der Waals surface area contributed by atoms with Crippen LogP contribution in [0.15, 0.2) is 12.2 Å². The Morgan fingerprint density at radius 2 is 2.17 bits per heavy atom. The summed E-state index contributed by atoms with van der Waals surface area (Å²) in [6, 6.07) is 0. The molecule has 0 bridgehead atoms. The maximum atomic E-state index is 10.7. The summed E-state index contributed by atoms with van der Waals surface area (Å²) < 4.78 is 0. The number of carboxylic acids is 1. The van der Waals surface area contributed by atoms with E-state index in [0.29, 0.717) is 0 Å². The van der Waals surface area contributed by atoms with E-state index in [-0.39, 0.29) is 17.3 Å². The highest BCUT2D eigenvalue weighted by Crippen LogP contribution is 2.59. The average molecular weight is 168 g/mol. The predicted molar refractivity (Wildman–Crippen MR) is 47.8 cm³/mol. The van der Waals surface area contributed by atoms with Gasteiger partial charge in [-0.3, -0.25) is 4.79 Å². The highest BCUT2D eigenvalue weighted by atomic mass is 16.4. The molecule has 1 aliphatic carbocycles. The van der Waals surface area contributed by atoms with Crippen LogP contribution < -0.4 is 0 Å². The molecule has 0 aliphatic heterocycles. The molecular formula is C10H16O2. The molecule has 0 spiro atoms. The van der Waals surface area contributed by atoms with E-state index in [1.807, 2.05) is 19.9 Å². The number of hydrogen-bond acceptors (Lipinski definition) is 1. The Morgan fingerprint density at radius 3 is 2.50 bits per heavy atom. The number of carboxylic acid groups (broad SMARTS) is 1. The fraction of sp³-hybridized carbons (Fsp3) is 0.700. The third-order valence-electron chi connectivity index (χ3n) is 2.76. The monoisotopic (exact) mass is 168 g/mol. The van der Waals surface area contributed by atoms with Crippen LogP contribution in [-0.2, 0) is 4.79 Å². The predicted octanol–water partition coefficient (Wildman–Crippen LogP) is 2.31. The molecule has 68 valence electrons. The van der Waals surface area contributed by atoms with Gasteiger partial charge in [0.1, 0.15) is 0 Å². The van der Waals surface area contributed by atoms with E-state index < -0.39 is 5.97 Å². The number of rotatable bonds is 3. The van der Waals surface area contributed by atoms with E-state index in [0.717, 1.165) is 6.42 Å². The molecule has 0 unspecified atom stereocenters. The fourth-order valence-corrected chi connectivity index (χ4v) is 1.79. The maximum Gasteiger partial charge on any atom is 0.307 e. The standard InChI is InChI=1S/C10H16O2/c1-4-5-6-7-8(9(11)12)10(7,2)3/h5-8H,4H2,1-3H3,(H,11,12)/t7-,8+/m1/s1. The Labute approximate surface area is 73.3 Å². The first-order valence-electron chi connectivity index (χ1n) is 4.41. The topological polar surface area (TPSA) is 37.3 Å². The molecule has 1 aliphatic rings. The molecule has 12 heavy (non-hydrogen) atoms. The molecule has 0 saturated heterocycles. The van der Waals surface area contributed by atoms with Crippen molar-refractivity contribution in [1.29, 1.82) is 0 Å². The minimum absolute atomic E-state index is 0.0303. The van der Waals surface area contributed by atoms with Crippen LogP contribution in [0.25, 0.3) is 0 Å². The number of allylic oxidation sites excluding steroid dienone is 2. The van der Waals surface area contributed by atoms with Crippen molar-refractivity contribution in [2.24, 2.45) is 17.3 Å². The summed E-state index contributed by atoms with van der Waals surface area (Å²) >= 11 is 0. The van der Waals surface area contributed by atoms with Crippen molar-refractivity contribution in [2.75, 3.05) is 0 Å². The second-order valence-corrected chi connectivity index (χ2v) is 4.00. The zero-order valence-electron chi connectivity index (χ0n) is 7.87. The number of carbonyl (C=O) groups is 1. The van der Waals surface area contributed by atoms with Crippen LogP contribution in [0.4, 0.5) is 0 Å². The first kappa shape index (κ1) is 9.30. The summed E-state index contributed by atoms with van der Waals surface area (Å²) in [7, 11) is 0. The lowest BCUT2D eigenvalue weighted by Crippen LogP contribution is -2.02. The van der Waals surface area contributed by atoms with E-state index in [2.05, 4.69) is 13.0 Å². The molecule has 0 aromatic rings. The molecule has 2 nitrogen and oxygen atoms in total. The summed E-state index contributed by atoms with van der Waals surface area (Å²) in [5, 5.41) is 8.82. The van der Waals surface area contributed by atoms with Crippen molar-refractivity contribution in [1.82, 2.24) is 0 Å². The zero-order chi connectivity index (χ0) is 9.35. The highest BCUT2D eigenvalue weighted by molar-refractivity contribution is 5.76. The minimum atomic E-state index is -0.661. The third-order valence-corrected chi connectivity index (χ3v) is 2.76. The zero-order valence-corrected chi connectivity index (χ0v) is 7.87. The van der Waals surface area contributed by atoms with Crippen molar-refractivity contribution in [3.05, 3.63) is 12.2 Å². The van der Waals surface area contributed by atoms with Crippen LogP contribution in [0, 0.1) is 17.3 Å². The van der Waals surface area contributed by atoms with Gasteiger partial charge in [-0.15, -0.1) is 0 Å². The summed E-state index contributed by atoms with van der Waals surface area (Å²) in [5.41, 5.74) is -0.0303. The van der Waals surface area contributed by atoms with Crippen molar-refractivity contribution in [3.8, 4) is 0 Å². The van der Waals surface area contributed by atoms with Gasteiger partial charge in [0.05, 0.1) is 5.92 Å². The van der Waals surface area contributed by atoms with Gasteiger partial charge in [-0.25, -0.2) is 0 Å². The minimum Gasteiger partial charge on any atom is -0.481 e. The molecule has 1 fully saturated rings. The van der Waals surface area contributed by atoms with Crippen LogP contribution in [0.5, 0.6) is 0 Å². The van der Waals surface area contributed by atoms with Gasteiger partial charge >= 0.3 is 5.97 Å². The van der Waals surface area contributed by atoms with Crippen LogP contribution in [0.3, 0.4) is 0 Å². The smallest absolute Gasteiger partial charge is 0.307 e. The molecule has 0 radical (unpaired) electrons. The van der Waals surface area contributed by atoms with Crippen LogP contribution in [0.2, 0.25) is 0 Å². The molecule has 1 saturated carbocycles. The Kier molecular flexibility index (Phi) is 2.27. The summed E-state index contributed by atoms with van der Waals surface area (Å²) in [5.74, 6) is -0.582. The Bertz CT molecular complexity index is 216. The van der Waals surface area contributed by atoms with E-state index in [9.17, 15) is 4.79 Å². The van der Waals surface area contributed by atoms with Crippen LogP contribution in [-0.4, -0.2) is 11.1 Å². The average Bonchev–Trinajstić information content (AvgIpc) is 2.49. The number of aliphatic carboxylic acids is 1. The fourth-order valence-electron chi connectivity index (χ4n) is 1.79. The third kappa shape index (κ3) is 1.38. The Hall–Kier alpha value is -0.790. The van der Waals surface area contributed by atoms with Gasteiger partial charge in [-0.2, -0.15) is 0 Å². The van der Waals surface area contributed by atoms with Crippen molar-refractivity contribution < 1.29 is 9.90 Å². The highest BCUT2D eigenvalue weighted by Gasteiger charge is 2.60. The van der Waals surface area contributed by atoms with Gasteiger partial charge < -0.3 is 5.11 Å². The second kappa shape index (κ2) is 2.92. The van der Waals surface area contributed by atoms with Gasteiger partial charge in [-0.05, 0) is 17.8 Å². The van der Waals surface area contributed by atoms with Crippen LogP contribution >= 0.6 is 0 Å². The molecule has 0 heterocycles. The van der Waals surface area contributed by atoms with E-state index >= 15 is 0 Å². The SMILES string of the molecule is CCC=C[C@@H]1[C@@H](C(=O)O)C1(C)C. The molecule has 0 amide bonds. The lowest BCUT2D eigenvalue weighted by Gasteiger charge is -1.95. The van der Waals surface area contributed by atoms with Crippen molar-refractivity contribution in [3.63, 3.8) is 0 Å². The van der Waals surface area contributed by atoms with Gasteiger partial charge in [0, 0.05) is 0 Å². The molecule has 1 N–H and O–H groups in total. The Morgan fingerprint density at radius 1 is 1.58 bits per heavy atom. The van der Waals surface area contributed by atoms with Crippen LogP contribution in [0.1, 0.15) is 27.2 Å². The second-order valence-electron chi connectivity index (χ2n) is 4.00. The lowest BCUT2D eigenvalue weighted by atomic mass is 10.1. The van der Waals surface area contributed by atoms with Gasteiger partial charge in [0.2, 0.25) is 0 Å². The van der Waals surface area contributed by atoms with E-state index in [4.69, 9.17) is 5.11 Å². The van der Waals surface area contributed by atoms with Crippen molar-refractivity contribution >= 4 is 5.97 Å². The van der Waals surface area contributed by atoms with E-state index in [1.54, 1.807) is 0 Å². The summed E-state index contributed by atoms with van der Waals surface area (Å²) in [4.78, 5) is 10.7. The molecule has 0 aromatic heterocycles. The summed E-state index contributed by atoms with van der Waals surface area (Å²) in [6.07, 6.45) is 5.08. The molecular weight excluding hydrogens is 152 g/mol. The largest absolute Gasteiger partial charge is 0.481 e. The maximum absolute atomic E-state index is 10.7. The summed E-state index contributed by atoms with van der Waals surface area (Å²) in [6.45, 7) is 6.08. The molecule has 2 heteroatoms. The quantitative estimate of drug-likeness (QED) is 0.656. The normalized spacial score (nSPS) is 32.2. The molecule has 0 aromatic carbocycles. The van der Waals surface area contributed by atoms with Crippen molar-refractivity contribution in [2.45, 2.75) is 27.2 Å². The van der Waals surface area contributed by atoms with Gasteiger partial charge in [-0.1, -0.05) is 32.9 Å².